The van der Waals surface area contributed by atoms with Gasteiger partial charge in [-0.2, -0.15) is 9.90 Å². The van der Waals surface area contributed by atoms with Crippen molar-refractivity contribution in [1.29, 1.82) is 0 Å². The molecule has 0 bridgehead atoms. The van der Waals surface area contributed by atoms with Gasteiger partial charge in [0.1, 0.15) is 17.6 Å². The van der Waals surface area contributed by atoms with Crippen molar-refractivity contribution < 1.29 is 19.1 Å². The molecule has 19 heavy (non-hydrogen) atoms. The van der Waals surface area contributed by atoms with Crippen molar-refractivity contribution >= 4 is 15.9 Å². The summed E-state index contributed by atoms with van der Waals surface area (Å²) in [6.45, 7) is 3.52. The van der Waals surface area contributed by atoms with Crippen LogP contribution >= 0.6 is 9.90 Å². The molecule has 6 heteroatoms. The number of phenolic OH excluding ortho intramolecular Hbond substituents is 1. The van der Waals surface area contributed by atoms with Crippen molar-refractivity contribution in [1.82, 2.24) is 4.98 Å². The van der Waals surface area contributed by atoms with Gasteiger partial charge in [0.25, 0.3) is 0 Å². The average Bonchev–Trinajstić information content (AvgIpc) is 2.87. The lowest BCUT2D eigenvalue weighted by molar-refractivity contribution is 0.0374. The largest absolute Gasteiger partial charge is 0.507 e. The van der Waals surface area contributed by atoms with Crippen LogP contribution < -0.4 is 0 Å². The molecule has 2 rings (SSSR count). The van der Waals surface area contributed by atoms with Gasteiger partial charge in [-0.15, -0.1) is 0 Å². The summed E-state index contributed by atoms with van der Waals surface area (Å²) in [6.07, 6.45) is 4.30. The molecule has 0 aliphatic carbocycles. The molecule has 1 unspecified atom stereocenters. The van der Waals surface area contributed by atoms with Gasteiger partial charge in [0.05, 0.1) is 12.3 Å². The number of phenols is 1. The summed E-state index contributed by atoms with van der Waals surface area (Å²) in [5.74, 6) is -0.541. The zero-order chi connectivity index (χ0) is 13.4. The Morgan fingerprint density at radius 2 is 2.05 bits per heavy atom. The molecule has 0 saturated heterocycles. The molecule has 0 saturated carbocycles. The Morgan fingerprint density at radius 1 is 1.37 bits per heavy atom. The lowest BCUT2D eigenvalue weighted by Crippen LogP contribution is -2.11. The number of benzene rings is 1. The quantitative estimate of drug-likeness (QED) is 0.677. The summed E-state index contributed by atoms with van der Waals surface area (Å²) in [7, 11) is 0. The number of nitrogens with zero attached hydrogens (tertiary/aromatic N) is 1. The Kier molecular flexibility index (Phi) is 8.22. The lowest BCUT2D eigenvalue weighted by atomic mass is 10.2. The average molecular weight is 283 g/mol. The number of aromatic nitrogens is 1. The second-order valence-electron chi connectivity index (χ2n) is 3.65. The van der Waals surface area contributed by atoms with Crippen LogP contribution in [0.1, 0.15) is 24.2 Å². The number of hydrogen-bond donors (Lipinski definition) is 1. The fraction of sp³-hybridized carbons (Fsp3) is 0.231. The van der Waals surface area contributed by atoms with Gasteiger partial charge >= 0.3 is 5.97 Å². The number of oxazole rings is 1. The Morgan fingerprint density at radius 3 is 2.47 bits per heavy atom. The highest BCUT2D eigenvalue weighted by molar-refractivity contribution is 6.92. The van der Waals surface area contributed by atoms with Crippen molar-refractivity contribution in [2.45, 2.75) is 20.0 Å². The van der Waals surface area contributed by atoms with Crippen molar-refractivity contribution in [2.24, 2.45) is 0 Å². The zero-order valence-corrected chi connectivity index (χ0v) is 12.4. The van der Waals surface area contributed by atoms with Crippen LogP contribution in [-0.2, 0) is 4.74 Å². The van der Waals surface area contributed by atoms with Crippen LogP contribution in [0.5, 0.6) is 5.75 Å². The van der Waals surface area contributed by atoms with Gasteiger partial charge in [-0.3, -0.25) is 0 Å². The Balaban J connectivity index is 0.000000454. The highest BCUT2D eigenvalue weighted by Crippen LogP contribution is 2.16. The summed E-state index contributed by atoms with van der Waals surface area (Å²) < 4.78 is 9.39. The van der Waals surface area contributed by atoms with Gasteiger partial charge in [0, 0.05) is 0 Å². The minimum absolute atomic E-state index is 0. The molecule has 5 nitrogen and oxygen atoms in total. The minimum atomic E-state index is -0.492. The number of carbonyl (C=O) groups is 1. The molecular formula is C13H18NO4P. The fourth-order valence-corrected chi connectivity index (χ4v) is 1.10. The predicted octanol–water partition coefficient (Wildman–Crippen LogP) is 2.69. The molecule has 0 fully saturated rings. The first kappa shape index (κ1) is 17.1. The van der Waals surface area contributed by atoms with Crippen molar-refractivity contribution in [3.63, 3.8) is 0 Å². The van der Waals surface area contributed by atoms with Crippen LogP contribution in [0, 0.1) is 0 Å². The number of ether oxygens (including phenoxy) is 1. The van der Waals surface area contributed by atoms with Crippen LogP contribution in [0.2, 0.25) is 0 Å². The van der Waals surface area contributed by atoms with Gasteiger partial charge in [-0.05, 0) is 26.0 Å². The third-order valence-corrected chi connectivity index (χ3v) is 1.81. The van der Waals surface area contributed by atoms with E-state index in [1.807, 2.05) is 0 Å². The van der Waals surface area contributed by atoms with E-state index < -0.39 is 5.97 Å². The second-order valence-corrected chi connectivity index (χ2v) is 3.65. The maximum absolute atomic E-state index is 11.3. The lowest BCUT2D eigenvalue weighted by Gasteiger charge is -2.08. The minimum Gasteiger partial charge on any atom is -0.507 e. The molecule has 0 spiro atoms. The standard InChI is InChI=1S/C10H12O3.C3H3NO.H3P/c1-7(2)13-10(12)8-5-3-4-6-9(8)11;1-2-5-3-4-1;/h3-7,11H,1-2H3;1-3H;1H3. The molecule has 104 valence electrons. The second kappa shape index (κ2) is 9.11. The van der Waals surface area contributed by atoms with E-state index in [2.05, 4.69) is 9.40 Å². The molecule has 1 aromatic carbocycles. The van der Waals surface area contributed by atoms with Crippen LogP contribution in [0.4, 0.5) is 0 Å². The summed E-state index contributed by atoms with van der Waals surface area (Å²) in [5, 5.41) is 9.29. The van der Waals surface area contributed by atoms with Gasteiger partial charge in [-0.1, -0.05) is 12.1 Å². The molecule has 2 aromatic rings. The van der Waals surface area contributed by atoms with Crippen LogP contribution in [-0.4, -0.2) is 22.2 Å². The zero-order valence-electron chi connectivity index (χ0n) is 10.9. The first-order valence-electron chi connectivity index (χ1n) is 5.42. The van der Waals surface area contributed by atoms with E-state index in [4.69, 9.17) is 4.74 Å². The number of carbonyl (C=O) groups excluding carboxylic acids is 1. The third-order valence-electron chi connectivity index (χ3n) is 1.81. The van der Waals surface area contributed by atoms with Crippen molar-refractivity contribution in [3.05, 3.63) is 48.7 Å². The predicted molar refractivity (Wildman–Crippen MR) is 76.3 cm³/mol. The Bertz CT molecular complexity index is 454. The monoisotopic (exact) mass is 283 g/mol. The van der Waals surface area contributed by atoms with Gasteiger partial charge in [0.2, 0.25) is 0 Å². The van der Waals surface area contributed by atoms with E-state index >= 15 is 0 Å². The topological polar surface area (TPSA) is 72.6 Å². The van der Waals surface area contributed by atoms with Crippen LogP contribution in [0.15, 0.2) is 47.5 Å². The third kappa shape index (κ3) is 6.58. The van der Waals surface area contributed by atoms with Crippen LogP contribution in [0.25, 0.3) is 0 Å². The number of rotatable bonds is 2. The van der Waals surface area contributed by atoms with Gasteiger partial charge < -0.3 is 14.3 Å². The normalized spacial score (nSPS) is 9.00. The Hall–Kier alpha value is -1.87. The Labute approximate surface area is 115 Å². The summed E-state index contributed by atoms with van der Waals surface area (Å²) in [6, 6.07) is 6.31. The highest BCUT2D eigenvalue weighted by atomic mass is 31.0. The molecule has 1 N–H and O–H groups in total. The van der Waals surface area contributed by atoms with E-state index in [1.54, 1.807) is 32.2 Å². The van der Waals surface area contributed by atoms with E-state index in [-0.39, 0.29) is 27.3 Å². The maximum Gasteiger partial charge on any atom is 0.342 e. The number of aromatic hydroxyl groups is 1. The summed E-state index contributed by atoms with van der Waals surface area (Å²) in [4.78, 5) is 14.8. The van der Waals surface area contributed by atoms with Crippen molar-refractivity contribution in [3.8, 4) is 5.75 Å². The van der Waals surface area contributed by atoms with E-state index in [9.17, 15) is 9.90 Å². The molecular weight excluding hydrogens is 265 g/mol. The van der Waals surface area contributed by atoms with E-state index in [1.165, 1.54) is 24.8 Å². The number of para-hydroxylation sites is 1. The number of hydrogen-bond acceptors (Lipinski definition) is 5. The van der Waals surface area contributed by atoms with Gasteiger partial charge in [0.15, 0.2) is 6.39 Å². The fourth-order valence-electron chi connectivity index (χ4n) is 1.10. The molecule has 1 aromatic heterocycles. The van der Waals surface area contributed by atoms with E-state index in [0.29, 0.717) is 0 Å². The number of esters is 1. The molecule has 1 heterocycles. The van der Waals surface area contributed by atoms with E-state index in [0.717, 1.165) is 0 Å². The maximum atomic E-state index is 11.3. The molecule has 0 amide bonds. The molecule has 1 atom stereocenters. The molecule has 0 aliphatic rings. The smallest absolute Gasteiger partial charge is 0.342 e. The summed E-state index contributed by atoms with van der Waals surface area (Å²) in [5.41, 5.74) is 0.205. The van der Waals surface area contributed by atoms with Crippen LogP contribution in [0.3, 0.4) is 0 Å². The SMILES string of the molecule is CC(C)OC(=O)c1ccccc1O.P.c1cocn1. The first-order chi connectivity index (χ1) is 8.61. The van der Waals surface area contributed by atoms with Gasteiger partial charge in [-0.25, -0.2) is 9.78 Å². The summed E-state index contributed by atoms with van der Waals surface area (Å²) >= 11 is 0. The molecule has 0 aliphatic heterocycles. The molecule has 0 radical (unpaired) electrons. The highest BCUT2D eigenvalue weighted by Gasteiger charge is 2.12. The van der Waals surface area contributed by atoms with Crippen molar-refractivity contribution in [2.75, 3.05) is 0 Å². The first-order valence-corrected chi connectivity index (χ1v) is 5.42.